The van der Waals surface area contributed by atoms with E-state index in [9.17, 15) is 52.7 Å². The summed E-state index contributed by atoms with van der Waals surface area (Å²) in [6, 6.07) is 116. The number of halogens is 12. The van der Waals surface area contributed by atoms with Crippen LogP contribution < -0.4 is 19.4 Å². The first-order chi connectivity index (χ1) is 64.5. The van der Waals surface area contributed by atoms with E-state index in [1.807, 2.05) is 146 Å². The molecule has 18 aromatic rings. The molecule has 2 aliphatic rings. The number of pyridine rings is 3. The average molecular weight is 2350 g/mol. The maximum atomic E-state index is 13.8. The van der Waals surface area contributed by atoms with Gasteiger partial charge in [-0.2, -0.15) is 0 Å². The third kappa shape index (κ3) is 23.6. The normalized spacial score (nSPS) is 11.2. The molecule has 0 bridgehead atoms. The Balaban J connectivity index is 0.000000146. The van der Waals surface area contributed by atoms with E-state index in [1.54, 1.807) is 0 Å². The van der Waals surface area contributed by atoms with Gasteiger partial charge in [0.05, 0.1) is 22.7 Å². The van der Waals surface area contributed by atoms with Crippen molar-refractivity contribution in [3.8, 4) is 96.8 Å². The molecule has 5 heterocycles. The number of benzene rings is 15. The quantitative estimate of drug-likeness (QED) is 0.0553. The molecule has 674 valence electrons. The van der Waals surface area contributed by atoms with Gasteiger partial charge in [0, 0.05) is 104 Å². The molecular weight excluding hydrogens is 2290 g/mol. The summed E-state index contributed by atoms with van der Waals surface area (Å²) in [4.78, 5) is 19.0. The summed E-state index contributed by atoms with van der Waals surface area (Å²) in [5.41, 5.74) is 15.5. The third-order valence-electron chi connectivity index (χ3n) is 20.8. The Hall–Kier alpha value is -15.0. The van der Waals surface area contributed by atoms with Gasteiger partial charge >= 0.3 is 67.1 Å². The van der Waals surface area contributed by atoms with Crippen LogP contribution in [-0.4, -0.2) is 15.0 Å². The van der Waals surface area contributed by atoms with Crippen LogP contribution in [0, 0.1) is 143 Å². The van der Waals surface area contributed by atoms with Crippen molar-refractivity contribution >= 4 is 51.2 Å². The van der Waals surface area contributed by atoms with Crippen molar-refractivity contribution in [2.75, 3.05) is 14.7 Å². The van der Waals surface area contributed by atoms with E-state index in [0.29, 0.717) is 36.4 Å². The minimum atomic E-state index is -0.826. The van der Waals surface area contributed by atoms with Crippen molar-refractivity contribution in [2.45, 2.75) is 19.3 Å². The van der Waals surface area contributed by atoms with Crippen molar-refractivity contribution < 1.29 is 125 Å². The van der Waals surface area contributed by atoms with E-state index in [4.69, 9.17) is 24.0 Å². The smallest absolute Gasteiger partial charge is 0.453 e. The molecule has 0 saturated heterocycles. The van der Waals surface area contributed by atoms with Gasteiger partial charge in [0.2, 0.25) is 0 Å². The van der Waals surface area contributed by atoms with Gasteiger partial charge in [-0.3, -0.25) is 70.4 Å². The van der Waals surface area contributed by atoms with E-state index >= 15 is 0 Å². The molecule has 0 spiro atoms. The van der Waals surface area contributed by atoms with Gasteiger partial charge in [-0.1, -0.05) is 272 Å². The largest absolute Gasteiger partial charge is 3.00 e. The monoisotopic (exact) mass is 2350 g/mol. The molecule has 20 rings (SSSR count). The Labute approximate surface area is 826 Å². The van der Waals surface area contributed by atoms with E-state index < -0.39 is 69.8 Å². The molecule has 0 atom stereocenters. The van der Waals surface area contributed by atoms with E-state index in [2.05, 4.69) is 183 Å². The van der Waals surface area contributed by atoms with Gasteiger partial charge in [0.15, 0.2) is 11.5 Å². The molecule has 2 aliphatic heterocycles. The number of aromatic nitrogens is 3. The Kier molecular flexibility index (Phi) is 33.9. The fourth-order valence-electron chi connectivity index (χ4n) is 14.6. The zero-order valence-electron chi connectivity index (χ0n) is 71.1. The van der Waals surface area contributed by atoms with Crippen LogP contribution in [0.2, 0.25) is 0 Å². The minimum absolute atomic E-state index is 0. The zero-order chi connectivity index (χ0) is 93.2. The number of rotatable bonds is 11. The Morgan fingerprint density at radius 2 is 0.500 bits per heavy atom. The van der Waals surface area contributed by atoms with E-state index in [1.165, 1.54) is 77.1 Å². The molecule has 0 amide bonds. The second-order valence-corrected chi connectivity index (χ2v) is 29.9. The molecule has 3 aromatic heterocycles. The standard InChI is InChI=1S/C23H18N.C20H12NO.C20H14N.3C17H7F4N.3Au/c1-4-17-13-15-18(16-14-17)24-21-11-7-5-9-19(21)23(2,3)20-10-6-8-12-22(20)24;1-2-15-11-13-16(14-12-15)21-17-7-3-5-9-19(17)22-20-10-6-4-8-18(20)21;1-2-17-13-15-20(16-14-17)21(18-9-5-3-6-10-18)19-11-7-4-8-12-19;3*18-10-4-6-12(14(20)8-10)16-2-1-3-17(22-16)13-7-5-11(19)9-15(13)21;;;/h5-16H,2-3H3;3-14H;3-16H;3*1-5,8-9H;;;/q3*-1;3*-2;3*+3. The number of para-hydroxylation sites is 8. The predicted molar refractivity (Wildman–Crippen MR) is 492 cm³/mol. The fraction of sp³-hybridized carbons (Fsp3) is 0.0263. The topological polar surface area (TPSA) is 57.6 Å². The van der Waals surface area contributed by atoms with E-state index in [-0.39, 0.29) is 140 Å². The van der Waals surface area contributed by atoms with Crippen molar-refractivity contribution in [3.05, 3.63) is 511 Å². The van der Waals surface area contributed by atoms with Gasteiger partial charge in [-0.05, 0) is 106 Å². The van der Waals surface area contributed by atoms with Gasteiger partial charge in [-0.25, -0.2) is 0 Å². The SMILES string of the molecule is Fc1c[c-]c(-c2cccc(-c3[c-]cc(F)cc3F)n2)c(F)c1.Fc1c[c-]c(-c2cccc(-c3[c-]cc(F)cc3F)n2)c(F)c1.Fc1c[c-]c(-c2cccc(-c3[c-]cc(F)cc3F)n2)c(F)c1.[Au+3].[Au+3].[Au+3].[C-]#Cc1ccc(N(c2ccccc2)c2ccccc2)cc1.[C-]#Cc1ccc(N2c3ccccc3C(C)(C)c3ccccc32)cc1.[C-]#Cc1ccc(N2c3ccccc3Oc3ccccc32)cc1. The molecule has 7 nitrogen and oxygen atoms in total. The van der Waals surface area contributed by atoms with Crippen LogP contribution in [0.1, 0.15) is 41.7 Å². The van der Waals surface area contributed by atoms with E-state index in [0.717, 1.165) is 104 Å². The van der Waals surface area contributed by atoms with Gasteiger partial charge in [0.25, 0.3) is 0 Å². The molecule has 0 aliphatic carbocycles. The first kappa shape index (κ1) is 100. The fourth-order valence-corrected chi connectivity index (χ4v) is 14.6. The average Bonchev–Trinajstić information content (AvgIpc) is 0.733. The number of hydrogen-bond acceptors (Lipinski definition) is 7. The third-order valence-corrected chi connectivity index (χ3v) is 20.8. The predicted octanol–water partition coefficient (Wildman–Crippen LogP) is 29.7. The first-order valence-electron chi connectivity index (χ1n) is 40.8. The Bertz CT molecular complexity index is 6710. The molecular formula is C114H65Au3F12N6O. The van der Waals surface area contributed by atoms with Gasteiger partial charge in [-0.15, -0.1) is 126 Å². The molecule has 0 unspecified atom stereocenters. The summed E-state index contributed by atoms with van der Waals surface area (Å²) in [6.07, 6.45) is 21.7. The Morgan fingerprint density at radius 3 is 0.765 bits per heavy atom. The zero-order valence-corrected chi connectivity index (χ0v) is 77.6. The number of fused-ring (bicyclic) bond motifs is 4. The number of anilines is 9. The maximum absolute atomic E-state index is 13.8. The molecule has 0 radical (unpaired) electrons. The summed E-state index contributed by atoms with van der Waals surface area (Å²) in [5, 5.41) is 0. The van der Waals surface area contributed by atoms with Crippen LogP contribution in [0.25, 0.3) is 67.5 Å². The van der Waals surface area contributed by atoms with Crippen LogP contribution in [-0.2, 0) is 72.6 Å². The van der Waals surface area contributed by atoms with Crippen LogP contribution in [0.5, 0.6) is 11.5 Å². The van der Waals surface area contributed by atoms with Crippen molar-refractivity contribution in [1.82, 2.24) is 15.0 Å². The van der Waals surface area contributed by atoms with Crippen LogP contribution in [0.4, 0.5) is 104 Å². The summed E-state index contributed by atoms with van der Waals surface area (Å²) >= 11 is 0. The summed E-state index contributed by atoms with van der Waals surface area (Å²) in [5.74, 6) is -0.560. The Morgan fingerprint density at radius 1 is 0.272 bits per heavy atom. The first-order valence-corrected chi connectivity index (χ1v) is 40.8. The van der Waals surface area contributed by atoms with Gasteiger partial charge < -0.3 is 53.7 Å². The van der Waals surface area contributed by atoms with Crippen LogP contribution in [0.3, 0.4) is 0 Å². The summed E-state index contributed by atoms with van der Waals surface area (Å²) in [7, 11) is 0. The summed E-state index contributed by atoms with van der Waals surface area (Å²) < 4.78 is 166. The number of hydrogen-bond donors (Lipinski definition) is 0. The van der Waals surface area contributed by atoms with Gasteiger partial charge in [0.1, 0.15) is 0 Å². The van der Waals surface area contributed by atoms with Crippen LogP contribution >= 0.6 is 0 Å². The minimum Gasteiger partial charge on any atom is -0.453 e. The van der Waals surface area contributed by atoms with Crippen molar-refractivity contribution in [2.24, 2.45) is 0 Å². The number of nitrogens with zero attached hydrogens (tertiary/aromatic N) is 6. The van der Waals surface area contributed by atoms with Crippen molar-refractivity contribution in [3.63, 3.8) is 0 Å². The van der Waals surface area contributed by atoms with Crippen LogP contribution in [0.15, 0.2) is 358 Å². The maximum Gasteiger partial charge on any atom is 3.00 e. The number of ether oxygens (including phenoxy) is 1. The molecule has 0 fully saturated rings. The second-order valence-electron chi connectivity index (χ2n) is 29.9. The molecule has 136 heavy (non-hydrogen) atoms. The summed E-state index contributed by atoms with van der Waals surface area (Å²) in [6.45, 7) is 4.57. The molecule has 15 aromatic carbocycles. The second kappa shape index (κ2) is 46.1. The molecule has 0 N–H and O–H groups in total. The van der Waals surface area contributed by atoms with Crippen molar-refractivity contribution in [1.29, 1.82) is 0 Å². The molecule has 0 saturated carbocycles. The molecule has 22 heteroatoms.